The number of nitrogen functional groups attached to an aromatic ring is 1. The smallest absolute Gasteiger partial charge is 0.145 e. The van der Waals surface area contributed by atoms with E-state index in [1.165, 1.54) is 4.68 Å². The van der Waals surface area contributed by atoms with Crippen molar-refractivity contribution in [2.75, 3.05) is 5.73 Å². The van der Waals surface area contributed by atoms with E-state index in [0.29, 0.717) is 28.3 Å². The summed E-state index contributed by atoms with van der Waals surface area (Å²) >= 11 is 0. The van der Waals surface area contributed by atoms with Crippen molar-refractivity contribution in [1.82, 2.24) is 9.78 Å². The van der Waals surface area contributed by atoms with Gasteiger partial charge in [0.05, 0.1) is 23.0 Å². The van der Waals surface area contributed by atoms with Gasteiger partial charge in [-0.05, 0) is 25.1 Å². The highest BCUT2D eigenvalue weighted by Crippen LogP contribution is 2.20. The maximum atomic E-state index is 8.92. The highest BCUT2D eigenvalue weighted by atomic mass is 15.3. The van der Waals surface area contributed by atoms with Crippen LogP contribution in [0.15, 0.2) is 24.3 Å². The van der Waals surface area contributed by atoms with Crippen molar-refractivity contribution in [1.29, 1.82) is 10.5 Å². The van der Waals surface area contributed by atoms with Crippen LogP contribution < -0.4 is 5.73 Å². The molecule has 1 aromatic heterocycles. The fourth-order valence-corrected chi connectivity index (χ4v) is 1.59. The van der Waals surface area contributed by atoms with Crippen molar-refractivity contribution in [3.63, 3.8) is 0 Å². The first-order valence-electron chi connectivity index (χ1n) is 4.93. The van der Waals surface area contributed by atoms with Crippen LogP contribution in [0.2, 0.25) is 0 Å². The molecule has 17 heavy (non-hydrogen) atoms. The van der Waals surface area contributed by atoms with Gasteiger partial charge in [0.1, 0.15) is 17.5 Å². The Kier molecular flexibility index (Phi) is 2.52. The molecular weight excluding hydrogens is 214 g/mol. The summed E-state index contributed by atoms with van der Waals surface area (Å²) in [5, 5.41) is 21.9. The molecule has 0 amide bonds. The van der Waals surface area contributed by atoms with Gasteiger partial charge >= 0.3 is 0 Å². The van der Waals surface area contributed by atoms with Crippen molar-refractivity contribution in [3.8, 4) is 17.8 Å². The van der Waals surface area contributed by atoms with Crippen molar-refractivity contribution < 1.29 is 0 Å². The van der Waals surface area contributed by atoms with E-state index in [1.54, 1.807) is 31.2 Å². The lowest BCUT2D eigenvalue weighted by atomic mass is 10.2. The first-order chi connectivity index (χ1) is 8.17. The molecule has 0 saturated carbocycles. The second-order valence-electron chi connectivity index (χ2n) is 3.53. The predicted octanol–water partition coefficient (Wildman–Crippen LogP) is 1.51. The zero-order valence-electron chi connectivity index (χ0n) is 9.18. The monoisotopic (exact) mass is 223 g/mol. The molecule has 5 nitrogen and oxygen atoms in total. The highest BCUT2D eigenvalue weighted by molar-refractivity contribution is 5.56. The number of aryl methyl sites for hydroxylation is 1. The normalized spacial score (nSPS) is 9.59. The minimum Gasteiger partial charge on any atom is -0.382 e. The summed E-state index contributed by atoms with van der Waals surface area (Å²) in [6.45, 7) is 1.72. The molecule has 0 atom stereocenters. The molecule has 1 heterocycles. The second-order valence-corrected chi connectivity index (χ2v) is 3.53. The summed E-state index contributed by atoms with van der Waals surface area (Å²) in [6, 6.07) is 10.9. The first-order valence-corrected chi connectivity index (χ1v) is 4.93. The molecule has 1 aromatic carbocycles. The molecule has 0 saturated heterocycles. The number of aromatic nitrogens is 2. The summed E-state index contributed by atoms with van der Waals surface area (Å²) in [5.41, 5.74) is 7.97. The molecule has 0 radical (unpaired) electrons. The molecule has 0 unspecified atom stereocenters. The van der Waals surface area contributed by atoms with Gasteiger partial charge in [-0.1, -0.05) is 6.07 Å². The van der Waals surface area contributed by atoms with Gasteiger partial charge in [-0.25, -0.2) is 4.68 Å². The van der Waals surface area contributed by atoms with Crippen LogP contribution in [-0.2, 0) is 0 Å². The largest absolute Gasteiger partial charge is 0.382 e. The topological polar surface area (TPSA) is 91.4 Å². The lowest BCUT2D eigenvalue weighted by Crippen LogP contribution is -2.02. The van der Waals surface area contributed by atoms with Crippen LogP contribution in [0.3, 0.4) is 0 Å². The van der Waals surface area contributed by atoms with E-state index in [9.17, 15) is 0 Å². The van der Waals surface area contributed by atoms with Gasteiger partial charge < -0.3 is 5.73 Å². The lowest BCUT2D eigenvalue weighted by Gasteiger charge is -2.03. The van der Waals surface area contributed by atoms with E-state index in [4.69, 9.17) is 16.3 Å². The van der Waals surface area contributed by atoms with E-state index < -0.39 is 0 Å². The molecule has 0 aliphatic rings. The molecule has 2 N–H and O–H groups in total. The Balaban J connectivity index is 2.62. The molecule has 5 heteroatoms. The lowest BCUT2D eigenvalue weighted by molar-refractivity contribution is 0.871. The first kappa shape index (κ1) is 10.7. The standard InChI is InChI=1S/C12H9N5/c1-8-11(7-14)12(15)17(16-8)10-4-2-3-9(5-10)6-13/h2-5H,15H2,1H3. The molecule has 0 aliphatic heterocycles. The zero-order valence-corrected chi connectivity index (χ0v) is 9.18. The molecule has 0 spiro atoms. The minimum absolute atomic E-state index is 0.292. The zero-order chi connectivity index (χ0) is 12.4. The number of rotatable bonds is 1. The minimum atomic E-state index is 0.292. The third-order valence-electron chi connectivity index (χ3n) is 2.43. The highest BCUT2D eigenvalue weighted by Gasteiger charge is 2.13. The molecule has 2 rings (SSSR count). The van der Waals surface area contributed by atoms with Crippen LogP contribution in [0, 0.1) is 29.6 Å². The van der Waals surface area contributed by atoms with Crippen LogP contribution in [0.4, 0.5) is 5.82 Å². The van der Waals surface area contributed by atoms with Gasteiger partial charge in [-0.2, -0.15) is 15.6 Å². The average molecular weight is 223 g/mol. The maximum absolute atomic E-state index is 8.92. The number of nitrogens with two attached hydrogens (primary N) is 1. The van der Waals surface area contributed by atoms with Crippen molar-refractivity contribution in [3.05, 3.63) is 41.1 Å². The molecule has 0 bridgehead atoms. The van der Waals surface area contributed by atoms with E-state index in [0.717, 1.165) is 0 Å². The predicted molar refractivity (Wildman–Crippen MR) is 62.1 cm³/mol. The van der Waals surface area contributed by atoms with Crippen LogP contribution in [0.5, 0.6) is 0 Å². The summed E-state index contributed by atoms with van der Waals surface area (Å²) in [7, 11) is 0. The summed E-state index contributed by atoms with van der Waals surface area (Å²) in [5.74, 6) is 0.292. The van der Waals surface area contributed by atoms with Crippen LogP contribution in [0.25, 0.3) is 5.69 Å². The van der Waals surface area contributed by atoms with Crippen molar-refractivity contribution in [2.45, 2.75) is 6.92 Å². The number of hydrogen-bond acceptors (Lipinski definition) is 4. The number of nitriles is 2. The maximum Gasteiger partial charge on any atom is 0.145 e. The Morgan fingerprint density at radius 1 is 1.29 bits per heavy atom. The summed E-state index contributed by atoms with van der Waals surface area (Å²) < 4.78 is 1.47. The van der Waals surface area contributed by atoms with Crippen molar-refractivity contribution >= 4 is 5.82 Å². The summed E-state index contributed by atoms with van der Waals surface area (Å²) in [6.07, 6.45) is 0. The van der Waals surface area contributed by atoms with Gasteiger partial charge in [-0.3, -0.25) is 0 Å². The average Bonchev–Trinajstić information content (AvgIpc) is 2.64. The fraction of sp³-hybridized carbons (Fsp3) is 0.0833. The number of anilines is 1. The number of benzene rings is 1. The van der Waals surface area contributed by atoms with Crippen LogP contribution >= 0.6 is 0 Å². The van der Waals surface area contributed by atoms with Crippen LogP contribution in [-0.4, -0.2) is 9.78 Å². The van der Waals surface area contributed by atoms with Gasteiger partial charge in [0.25, 0.3) is 0 Å². The third kappa shape index (κ3) is 1.70. The van der Waals surface area contributed by atoms with Crippen LogP contribution in [0.1, 0.15) is 16.8 Å². The Morgan fingerprint density at radius 2 is 2.06 bits per heavy atom. The molecule has 82 valence electrons. The van der Waals surface area contributed by atoms with E-state index >= 15 is 0 Å². The number of hydrogen-bond donors (Lipinski definition) is 1. The fourth-order valence-electron chi connectivity index (χ4n) is 1.59. The van der Waals surface area contributed by atoms with E-state index in [2.05, 4.69) is 5.10 Å². The van der Waals surface area contributed by atoms with Gasteiger partial charge in [0.2, 0.25) is 0 Å². The Morgan fingerprint density at radius 3 is 2.65 bits per heavy atom. The quantitative estimate of drug-likeness (QED) is 0.793. The molecule has 0 aliphatic carbocycles. The Bertz CT molecular complexity index is 655. The van der Waals surface area contributed by atoms with Crippen molar-refractivity contribution in [2.24, 2.45) is 0 Å². The molecule has 2 aromatic rings. The number of nitrogens with zero attached hydrogens (tertiary/aromatic N) is 4. The van der Waals surface area contributed by atoms with E-state index in [-0.39, 0.29) is 0 Å². The Labute approximate surface area is 98.3 Å². The molecular formula is C12H9N5. The molecule has 0 fully saturated rings. The SMILES string of the molecule is Cc1nn(-c2cccc(C#N)c2)c(N)c1C#N. The van der Waals surface area contributed by atoms with Gasteiger partial charge in [0, 0.05) is 0 Å². The third-order valence-corrected chi connectivity index (χ3v) is 2.43. The Hall–Kier alpha value is -2.79. The van der Waals surface area contributed by atoms with Gasteiger partial charge in [0.15, 0.2) is 0 Å². The van der Waals surface area contributed by atoms with Gasteiger partial charge in [-0.15, -0.1) is 0 Å². The summed E-state index contributed by atoms with van der Waals surface area (Å²) in [4.78, 5) is 0. The van der Waals surface area contributed by atoms with E-state index in [1.807, 2.05) is 12.1 Å². The second kappa shape index (κ2) is 3.99.